The monoisotopic (exact) mass is 457 g/mol. The summed E-state index contributed by atoms with van der Waals surface area (Å²) in [4.78, 5) is 0. The molecular weight excluding hydrogens is 433 g/mol. The maximum atomic E-state index is 13.4. The molecule has 0 aliphatic carbocycles. The predicted octanol–water partition coefficient (Wildman–Crippen LogP) is 6.79. The maximum Gasteiger partial charge on any atom is 0.175 e. The molecule has 0 aliphatic rings. The Hall–Kier alpha value is -2.53. The molecule has 0 radical (unpaired) electrons. The van der Waals surface area contributed by atoms with E-state index in [0.717, 1.165) is 21.3 Å². The van der Waals surface area contributed by atoms with Gasteiger partial charge in [0.05, 0.1) is 11.1 Å². The Morgan fingerprint density at radius 2 is 1.79 bits per heavy atom. The first-order valence-corrected chi connectivity index (χ1v) is 10.4. The van der Waals surface area contributed by atoms with Gasteiger partial charge in [-0.25, -0.2) is 4.39 Å². The van der Waals surface area contributed by atoms with Crippen LogP contribution in [0.2, 0.25) is 0 Å². The zero-order valence-corrected chi connectivity index (χ0v) is 18.5. The lowest BCUT2D eigenvalue weighted by Crippen LogP contribution is -2.05. The summed E-state index contributed by atoms with van der Waals surface area (Å²) in [7, 11) is 0. The number of hydrogen-bond acceptors (Lipinski definition) is 3. The molecule has 0 bridgehead atoms. The Labute approximate surface area is 180 Å². The standard InChI is InChI=1S/C24H25BrFNO2/c1-4-28-23-13-19(14-27-22-10-16(2)8-9-17(22)3)12-21(25)24(23)29-15-18-6-5-7-20(26)11-18/h5-13,27H,4,14-15H2,1-3H3. The SMILES string of the molecule is CCOc1cc(CNc2cc(C)ccc2C)cc(Br)c1OCc1cccc(F)c1. The fraction of sp³-hybridized carbons (Fsp3) is 0.250. The van der Waals surface area contributed by atoms with Crippen LogP contribution in [0.5, 0.6) is 11.5 Å². The Kier molecular flexibility index (Phi) is 7.15. The number of rotatable bonds is 8. The topological polar surface area (TPSA) is 30.5 Å². The molecule has 0 unspecified atom stereocenters. The van der Waals surface area contributed by atoms with E-state index >= 15 is 0 Å². The number of hydrogen-bond donors (Lipinski definition) is 1. The summed E-state index contributed by atoms with van der Waals surface area (Å²) in [6, 6.07) is 16.8. The number of nitrogens with one attached hydrogen (secondary N) is 1. The van der Waals surface area contributed by atoms with Gasteiger partial charge >= 0.3 is 0 Å². The molecule has 152 valence electrons. The Balaban J connectivity index is 1.77. The van der Waals surface area contributed by atoms with Gasteiger partial charge in [0.25, 0.3) is 0 Å². The van der Waals surface area contributed by atoms with Crippen molar-refractivity contribution in [2.45, 2.75) is 33.9 Å². The van der Waals surface area contributed by atoms with Crippen LogP contribution in [0.25, 0.3) is 0 Å². The van der Waals surface area contributed by atoms with E-state index in [-0.39, 0.29) is 12.4 Å². The van der Waals surface area contributed by atoms with Crippen LogP contribution >= 0.6 is 15.9 Å². The minimum atomic E-state index is -0.275. The smallest absolute Gasteiger partial charge is 0.175 e. The fourth-order valence-corrected chi connectivity index (χ4v) is 3.64. The predicted molar refractivity (Wildman–Crippen MR) is 119 cm³/mol. The van der Waals surface area contributed by atoms with Crippen molar-refractivity contribution >= 4 is 21.6 Å². The van der Waals surface area contributed by atoms with Crippen molar-refractivity contribution < 1.29 is 13.9 Å². The molecule has 1 N–H and O–H groups in total. The van der Waals surface area contributed by atoms with Gasteiger partial charge in [0.2, 0.25) is 0 Å². The van der Waals surface area contributed by atoms with E-state index in [1.54, 1.807) is 6.07 Å². The third-order valence-corrected chi connectivity index (χ3v) is 5.11. The summed E-state index contributed by atoms with van der Waals surface area (Å²) in [5.41, 5.74) is 5.37. The average Bonchev–Trinajstić information content (AvgIpc) is 2.68. The first-order valence-electron chi connectivity index (χ1n) is 9.60. The quantitative estimate of drug-likeness (QED) is 0.403. The highest BCUT2D eigenvalue weighted by Crippen LogP contribution is 2.37. The van der Waals surface area contributed by atoms with Crippen LogP contribution in [0.3, 0.4) is 0 Å². The zero-order valence-electron chi connectivity index (χ0n) is 16.9. The molecule has 0 fully saturated rings. The van der Waals surface area contributed by atoms with Crippen LogP contribution < -0.4 is 14.8 Å². The fourth-order valence-electron chi connectivity index (χ4n) is 3.03. The van der Waals surface area contributed by atoms with Crippen LogP contribution in [-0.4, -0.2) is 6.61 Å². The van der Waals surface area contributed by atoms with E-state index in [1.807, 2.05) is 25.1 Å². The van der Waals surface area contributed by atoms with Gasteiger partial charge < -0.3 is 14.8 Å². The molecule has 3 aromatic carbocycles. The maximum absolute atomic E-state index is 13.4. The Bertz CT molecular complexity index is 991. The number of aryl methyl sites for hydroxylation is 2. The molecule has 0 saturated carbocycles. The van der Waals surface area contributed by atoms with Crippen molar-refractivity contribution in [1.82, 2.24) is 0 Å². The van der Waals surface area contributed by atoms with E-state index in [1.165, 1.54) is 23.3 Å². The lowest BCUT2D eigenvalue weighted by Gasteiger charge is -2.17. The van der Waals surface area contributed by atoms with E-state index in [9.17, 15) is 4.39 Å². The first-order chi connectivity index (χ1) is 14.0. The average molecular weight is 458 g/mol. The molecule has 0 amide bonds. The summed E-state index contributed by atoms with van der Waals surface area (Å²) >= 11 is 3.60. The molecule has 3 nitrogen and oxygen atoms in total. The van der Waals surface area contributed by atoms with Gasteiger partial charge in [0.15, 0.2) is 11.5 Å². The summed E-state index contributed by atoms with van der Waals surface area (Å²) < 4.78 is 26.0. The Morgan fingerprint density at radius 1 is 0.966 bits per heavy atom. The molecule has 0 aliphatic heterocycles. The van der Waals surface area contributed by atoms with Crippen LogP contribution in [0.4, 0.5) is 10.1 Å². The van der Waals surface area contributed by atoms with Gasteiger partial charge in [0, 0.05) is 12.2 Å². The van der Waals surface area contributed by atoms with Gasteiger partial charge in [-0.05, 0) is 89.3 Å². The minimum Gasteiger partial charge on any atom is -0.490 e. The first kappa shape index (κ1) is 21.2. The molecule has 5 heteroatoms. The second kappa shape index (κ2) is 9.79. The largest absolute Gasteiger partial charge is 0.490 e. The molecular formula is C24H25BrFNO2. The Morgan fingerprint density at radius 3 is 2.55 bits per heavy atom. The van der Waals surface area contributed by atoms with Crippen LogP contribution in [0.1, 0.15) is 29.2 Å². The summed E-state index contributed by atoms with van der Waals surface area (Å²) in [5, 5.41) is 3.49. The molecule has 0 spiro atoms. The highest BCUT2D eigenvalue weighted by atomic mass is 79.9. The lowest BCUT2D eigenvalue weighted by molar-refractivity contribution is 0.267. The summed E-state index contributed by atoms with van der Waals surface area (Å²) in [6.45, 7) is 7.55. The third-order valence-electron chi connectivity index (χ3n) is 4.52. The molecule has 3 aromatic rings. The highest BCUT2D eigenvalue weighted by Gasteiger charge is 2.13. The van der Waals surface area contributed by atoms with Gasteiger partial charge in [-0.15, -0.1) is 0 Å². The zero-order chi connectivity index (χ0) is 20.8. The molecule has 0 aromatic heterocycles. The van der Waals surface area contributed by atoms with Crippen molar-refractivity contribution in [3.8, 4) is 11.5 Å². The van der Waals surface area contributed by atoms with Crippen molar-refractivity contribution in [2.75, 3.05) is 11.9 Å². The summed E-state index contributed by atoms with van der Waals surface area (Å²) in [5.74, 6) is 1.01. The molecule has 0 saturated heterocycles. The van der Waals surface area contributed by atoms with Crippen molar-refractivity contribution in [1.29, 1.82) is 0 Å². The van der Waals surface area contributed by atoms with E-state index < -0.39 is 0 Å². The second-order valence-corrected chi connectivity index (χ2v) is 7.78. The second-order valence-electron chi connectivity index (χ2n) is 6.93. The van der Waals surface area contributed by atoms with Gasteiger partial charge in [-0.2, -0.15) is 0 Å². The van der Waals surface area contributed by atoms with Gasteiger partial charge in [0.1, 0.15) is 12.4 Å². The normalized spacial score (nSPS) is 10.7. The van der Waals surface area contributed by atoms with Crippen molar-refractivity contribution in [3.05, 3.63) is 87.1 Å². The lowest BCUT2D eigenvalue weighted by atomic mass is 10.1. The van der Waals surface area contributed by atoms with Crippen LogP contribution in [-0.2, 0) is 13.2 Å². The molecule has 3 rings (SSSR count). The number of anilines is 1. The third kappa shape index (κ3) is 5.73. The molecule has 29 heavy (non-hydrogen) atoms. The van der Waals surface area contributed by atoms with Crippen molar-refractivity contribution in [2.24, 2.45) is 0 Å². The van der Waals surface area contributed by atoms with Crippen LogP contribution in [0, 0.1) is 19.7 Å². The molecule has 0 atom stereocenters. The summed E-state index contributed by atoms with van der Waals surface area (Å²) in [6.07, 6.45) is 0. The minimum absolute atomic E-state index is 0.260. The number of benzene rings is 3. The highest BCUT2D eigenvalue weighted by molar-refractivity contribution is 9.10. The number of halogens is 2. The number of ether oxygens (including phenoxy) is 2. The van der Waals surface area contributed by atoms with Gasteiger partial charge in [-0.3, -0.25) is 0 Å². The van der Waals surface area contributed by atoms with Gasteiger partial charge in [-0.1, -0.05) is 24.3 Å². The van der Waals surface area contributed by atoms with E-state index in [2.05, 4.69) is 53.3 Å². The van der Waals surface area contributed by atoms with E-state index in [0.29, 0.717) is 24.7 Å². The van der Waals surface area contributed by atoms with E-state index in [4.69, 9.17) is 9.47 Å². The van der Waals surface area contributed by atoms with Crippen LogP contribution in [0.15, 0.2) is 59.1 Å². The molecule has 0 heterocycles. The van der Waals surface area contributed by atoms with Crippen molar-refractivity contribution in [3.63, 3.8) is 0 Å².